The van der Waals surface area contributed by atoms with Gasteiger partial charge < -0.3 is 9.47 Å². The smallest absolute Gasteiger partial charge is 0.232 e. The first-order valence-electron chi connectivity index (χ1n) is 5.48. The molecule has 6 heteroatoms. The second-order valence-electron chi connectivity index (χ2n) is 3.79. The van der Waals surface area contributed by atoms with Gasteiger partial charge >= 0.3 is 0 Å². The average molecular weight is 273 g/mol. The molecule has 98 valence electrons. The molecule has 0 saturated heterocycles. The zero-order valence-corrected chi connectivity index (χ0v) is 11.5. The first-order valence-corrected chi connectivity index (χ1v) is 7.96. The minimum Gasteiger partial charge on any atom is -0.382 e. The lowest BCUT2D eigenvalue weighted by molar-refractivity contribution is 0.00766. The molecule has 0 saturated carbocycles. The van der Waals surface area contributed by atoms with Crippen molar-refractivity contribution in [3.05, 3.63) is 0 Å². The molecular weight excluding hydrogens is 252 g/mol. The highest BCUT2D eigenvalue weighted by atomic mass is 35.7. The van der Waals surface area contributed by atoms with Crippen LogP contribution >= 0.6 is 10.7 Å². The molecule has 0 aliphatic carbocycles. The van der Waals surface area contributed by atoms with Gasteiger partial charge in [0.25, 0.3) is 0 Å². The first kappa shape index (κ1) is 16.2. The van der Waals surface area contributed by atoms with Gasteiger partial charge in [0.05, 0.1) is 18.5 Å². The van der Waals surface area contributed by atoms with E-state index in [4.69, 9.17) is 20.2 Å². The molecule has 0 aromatic rings. The Labute approximate surface area is 103 Å². The lowest BCUT2D eigenvalue weighted by Gasteiger charge is -2.11. The fourth-order valence-electron chi connectivity index (χ4n) is 1.30. The number of hydrogen-bond donors (Lipinski definition) is 0. The van der Waals surface area contributed by atoms with Crippen molar-refractivity contribution in [3.63, 3.8) is 0 Å². The van der Waals surface area contributed by atoms with Gasteiger partial charge in [-0.2, -0.15) is 0 Å². The van der Waals surface area contributed by atoms with E-state index in [-0.39, 0.29) is 11.9 Å². The number of methoxy groups -OCH3 is 1. The largest absolute Gasteiger partial charge is 0.382 e. The summed E-state index contributed by atoms with van der Waals surface area (Å²) in [4.78, 5) is 0. The van der Waals surface area contributed by atoms with E-state index < -0.39 is 9.05 Å². The van der Waals surface area contributed by atoms with Gasteiger partial charge in [-0.25, -0.2) is 8.42 Å². The van der Waals surface area contributed by atoms with Gasteiger partial charge in [-0.15, -0.1) is 0 Å². The predicted octanol–water partition coefficient (Wildman–Crippen LogP) is 2.17. The molecule has 0 bridgehead atoms. The third kappa shape index (κ3) is 12.2. The van der Waals surface area contributed by atoms with Crippen LogP contribution in [0.25, 0.3) is 0 Å². The highest BCUT2D eigenvalue weighted by Crippen LogP contribution is 2.06. The topological polar surface area (TPSA) is 52.6 Å². The molecule has 0 spiro atoms. The number of hydrogen-bond acceptors (Lipinski definition) is 4. The van der Waals surface area contributed by atoms with Crippen LogP contribution in [0.4, 0.5) is 0 Å². The zero-order chi connectivity index (χ0) is 12.4. The average Bonchev–Trinajstić information content (AvgIpc) is 2.15. The fourth-order valence-corrected chi connectivity index (χ4v) is 2.17. The van der Waals surface area contributed by atoms with Crippen molar-refractivity contribution >= 4 is 19.7 Å². The van der Waals surface area contributed by atoms with Crippen LogP contribution in [0.2, 0.25) is 0 Å². The van der Waals surface area contributed by atoms with Crippen molar-refractivity contribution in [2.75, 3.05) is 26.1 Å². The third-order valence-electron chi connectivity index (χ3n) is 2.09. The molecular formula is C10H21ClO4S. The van der Waals surface area contributed by atoms with E-state index in [1.165, 1.54) is 0 Å². The van der Waals surface area contributed by atoms with Gasteiger partial charge in [0.1, 0.15) is 0 Å². The van der Waals surface area contributed by atoms with Crippen molar-refractivity contribution < 1.29 is 17.9 Å². The Kier molecular flexibility index (Phi) is 9.31. The summed E-state index contributed by atoms with van der Waals surface area (Å²) in [5, 5.41) is 0. The minimum absolute atomic E-state index is 0.0650. The summed E-state index contributed by atoms with van der Waals surface area (Å²) in [6.07, 6.45) is 3.52. The molecule has 1 atom stereocenters. The Morgan fingerprint density at radius 1 is 1.19 bits per heavy atom. The summed E-state index contributed by atoms with van der Waals surface area (Å²) in [6.45, 7) is 3.26. The van der Waals surface area contributed by atoms with Crippen LogP contribution < -0.4 is 0 Å². The lowest BCUT2D eigenvalue weighted by atomic mass is 10.2. The second-order valence-corrected chi connectivity index (χ2v) is 6.69. The Bertz CT molecular complexity index is 254. The normalized spacial score (nSPS) is 13.9. The monoisotopic (exact) mass is 272 g/mol. The van der Waals surface area contributed by atoms with Crippen molar-refractivity contribution in [1.82, 2.24) is 0 Å². The molecule has 0 heterocycles. The van der Waals surface area contributed by atoms with E-state index in [0.717, 1.165) is 19.3 Å². The summed E-state index contributed by atoms with van der Waals surface area (Å²) in [7, 11) is 3.42. The van der Waals surface area contributed by atoms with E-state index in [1.807, 2.05) is 6.92 Å². The SMILES string of the molecule is COCC(C)OCCCCCCS(=O)(=O)Cl. The minimum atomic E-state index is -3.31. The maximum Gasteiger partial charge on any atom is 0.232 e. The molecule has 0 aliphatic heterocycles. The van der Waals surface area contributed by atoms with E-state index in [1.54, 1.807) is 7.11 Å². The summed E-state index contributed by atoms with van der Waals surface area (Å²) in [5.41, 5.74) is 0. The lowest BCUT2D eigenvalue weighted by Crippen LogP contribution is -2.15. The van der Waals surface area contributed by atoms with Crippen LogP contribution in [0.5, 0.6) is 0 Å². The third-order valence-corrected chi connectivity index (χ3v) is 3.33. The maximum absolute atomic E-state index is 10.6. The molecule has 0 rings (SSSR count). The molecule has 0 aliphatic rings. The van der Waals surface area contributed by atoms with Gasteiger partial charge in [0.15, 0.2) is 0 Å². The van der Waals surface area contributed by atoms with E-state index >= 15 is 0 Å². The van der Waals surface area contributed by atoms with E-state index in [2.05, 4.69) is 0 Å². The summed E-state index contributed by atoms with van der Waals surface area (Å²) in [5.74, 6) is 0.0650. The summed E-state index contributed by atoms with van der Waals surface area (Å²) < 4.78 is 31.6. The molecule has 0 fully saturated rings. The van der Waals surface area contributed by atoms with Crippen molar-refractivity contribution in [2.24, 2.45) is 0 Å². The van der Waals surface area contributed by atoms with Gasteiger partial charge in [-0.05, 0) is 19.8 Å². The van der Waals surface area contributed by atoms with Crippen LogP contribution in [0.15, 0.2) is 0 Å². The number of ether oxygens (including phenoxy) is 2. The number of unbranched alkanes of at least 4 members (excludes halogenated alkanes) is 3. The number of halogens is 1. The molecule has 4 nitrogen and oxygen atoms in total. The van der Waals surface area contributed by atoms with Crippen molar-refractivity contribution in [3.8, 4) is 0 Å². The molecule has 0 radical (unpaired) electrons. The maximum atomic E-state index is 10.6. The molecule has 0 N–H and O–H groups in total. The van der Waals surface area contributed by atoms with E-state index in [9.17, 15) is 8.42 Å². The van der Waals surface area contributed by atoms with Crippen LogP contribution in [-0.4, -0.2) is 40.6 Å². The Morgan fingerprint density at radius 2 is 1.81 bits per heavy atom. The quantitative estimate of drug-likeness (QED) is 0.452. The molecule has 1 unspecified atom stereocenters. The molecule has 0 amide bonds. The first-order chi connectivity index (χ1) is 7.45. The molecule has 0 aromatic heterocycles. The van der Waals surface area contributed by atoms with Crippen LogP contribution in [-0.2, 0) is 18.5 Å². The zero-order valence-electron chi connectivity index (χ0n) is 9.95. The fraction of sp³-hybridized carbons (Fsp3) is 1.00. The van der Waals surface area contributed by atoms with Gasteiger partial charge in [0.2, 0.25) is 9.05 Å². The van der Waals surface area contributed by atoms with Crippen LogP contribution in [0.3, 0.4) is 0 Å². The van der Waals surface area contributed by atoms with Gasteiger partial charge in [-0.3, -0.25) is 0 Å². The molecule has 0 aromatic carbocycles. The predicted molar refractivity (Wildman–Crippen MR) is 65.4 cm³/mol. The highest BCUT2D eigenvalue weighted by Gasteiger charge is 2.04. The van der Waals surface area contributed by atoms with Gasteiger partial charge in [0, 0.05) is 24.4 Å². The van der Waals surface area contributed by atoms with Crippen molar-refractivity contribution in [2.45, 2.75) is 38.7 Å². The number of rotatable bonds is 10. The Hall–Kier alpha value is 0.160. The van der Waals surface area contributed by atoms with Crippen LogP contribution in [0.1, 0.15) is 32.6 Å². The Balaban J connectivity index is 3.22. The summed E-state index contributed by atoms with van der Waals surface area (Å²) >= 11 is 0. The Morgan fingerprint density at radius 3 is 2.38 bits per heavy atom. The highest BCUT2D eigenvalue weighted by molar-refractivity contribution is 8.13. The van der Waals surface area contributed by atoms with E-state index in [0.29, 0.717) is 19.6 Å². The van der Waals surface area contributed by atoms with Crippen molar-refractivity contribution in [1.29, 1.82) is 0 Å². The van der Waals surface area contributed by atoms with Crippen LogP contribution in [0, 0.1) is 0 Å². The standard InChI is InChI=1S/C10H21ClO4S/c1-10(9-14-2)15-7-5-3-4-6-8-16(11,12)13/h10H,3-9H2,1-2H3. The summed E-state index contributed by atoms with van der Waals surface area (Å²) in [6, 6.07) is 0. The van der Waals surface area contributed by atoms with Gasteiger partial charge in [-0.1, -0.05) is 12.8 Å². The molecule has 16 heavy (non-hydrogen) atoms. The second kappa shape index (κ2) is 9.22.